The molecule has 0 aromatic rings. The molecular weight excluding hydrogens is 292 g/mol. The van der Waals surface area contributed by atoms with E-state index in [-0.39, 0.29) is 0 Å². The minimum atomic E-state index is -1.26. The van der Waals surface area contributed by atoms with E-state index in [1.54, 1.807) is 0 Å². The number of carbonyl (C=O) groups is 2. The zero-order valence-electron chi connectivity index (χ0n) is 14.0. The van der Waals surface area contributed by atoms with Gasteiger partial charge in [0.05, 0.1) is 14.2 Å². The van der Waals surface area contributed by atoms with Crippen LogP contribution in [0.15, 0.2) is 23.3 Å². The van der Waals surface area contributed by atoms with Crippen LogP contribution in [0.3, 0.4) is 0 Å². The molecule has 2 aliphatic rings. The van der Waals surface area contributed by atoms with Crippen molar-refractivity contribution in [2.24, 2.45) is 5.41 Å². The number of carbonyl (C=O) groups excluding carboxylic acids is 2. The Morgan fingerprint density at radius 3 is 2.39 bits per heavy atom. The van der Waals surface area contributed by atoms with E-state index in [1.165, 1.54) is 14.2 Å². The van der Waals surface area contributed by atoms with Gasteiger partial charge in [0.15, 0.2) is 5.41 Å². The number of allylic oxidation sites excluding steroid dienone is 3. The smallest absolute Gasteiger partial charge is 0.323 e. The van der Waals surface area contributed by atoms with Crippen molar-refractivity contribution < 1.29 is 19.1 Å². The molecule has 0 unspecified atom stereocenters. The van der Waals surface area contributed by atoms with E-state index >= 15 is 0 Å². The standard InChI is InChI=1S/C19H24O4/c1-14-9-5-4-8-12-19(17(20)22-2,18(21)23-3)13-15-10-6-7-11-16(14)15/h1,4,6-8,10-13H2,2-3H3. The molecule has 0 aromatic heterocycles. The van der Waals surface area contributed by atoms with E-state index in [2.05, 4.69) is 18.4 Å². The summed E-state index contributed by atoms with van der Waals surface area (Å²) in [6.45, 7) is 4.09. The number of rotatable bonds is 2. The van der Waals surface area contributed by atoms with Crippen LogP contribution >= 0.6 is 0 Å². The van der Waals surface area contributed by atoms with Crippen LogP contribution in [0.25, 0.3) is 0 Å². The molecule has 0 bridgehead atoms. The van der Waals surface area contributed by atoms with E-state index in [9.17, 15) is 9.59 Å². The van der Waals surface area contributed by atoms with Crippen molar-refractivity contribution in [3.8, 4) is 11.8 Å². The molecule has 0 fully saturated rings. The average Bonchev–Trinajstić information content (AvgIpc) is 2.58. The Morgan fingerprint density at radius 2 is 1.74 bits per heavy atom. The number of hydrogen-bond donors (Lipinski definition) is 0. The maximum Gasteiger partial charge on any atom is 0.323 e. The summed E-state index contributed by atoms with van der Waals surface area (Å²) in [5.74, 6) is 5.21. The summed E-state index contributed by atoms with van der Waals surface area (Å²) in [4.78, 5) is 25.0. The maximum absolute atomic E-state index is 12.5. The zero-order chi connectivity index (χ0) is 16.9. The Kier molecular flexibility index (Phi) is 5.65. The lowest BCUT2D eigenvalue weighted by Gasteiger charge is -2.32. The summed E-state index contributed by atoms with van der Waals surface area (Å²) in [7, 11) is 2.64. The Balaban J connectivity index is 2.53. The first kappa shape index (κ1) is 17.3. The largest absolute Gasteiger partial charge is 0.468 e. The predicted molar refractivity (Wildman–Crippen MR) is 87.3 cm³/mol. The van der Waals surface area contributed by atoms with Crippen LogP contribution in [0.5, 0.6) is 0 Å². The molecule has 23 heavy (non-hydrogen) atoms. The highest BCUT2D eigenvalue weighted by Crippen LogP contribution is 2.41. The minimum absolute atomic E-state index is 0.350. The van der Waals surface area contributed by atoms with Gasteiger partial charge in [-0.15, -0.1) is 0 Å². The van der Waals surface area contributed by atoms with Gasteiger partial charge in [-0.1, -0.05) is 24.0 Å². The summed E-state index contributed by atoms with van der Waals surface area (Å²) in [5, 5.41) is 0. The van der Waals surface area contributed by atoms with E-state index < -0.39 is 17.4 Å². The number of ether oxygens (including phenoxy) is 2. The van der Waals surface area contributed by atoms with Crippen molar-refractivity contribution in [1.29, 1.82) is 0 Å². The highest BCUT2D eigenvalue weighted by molar-refractivity contribution is 6.00. The second-order valence-electron chi connectivity index (χ2n) is 6.17. The molecule has 0 radical (unpaired) electrons. The first-order valence-electron chi connectivity index (χ1n) is 8.11. The summed E-state index contributed by atoms with van der Waals surface area (Å²) in [6.07, 6.45) is 5.92. The van der Waals surface area contributed by atoms with Crippen LogP contribution in [0.2, 0.25) is 0 Å². The van der Waals surface area contributed by atoms with Crippen molar-refractivity contribution in [2.75, 3.05) is 14.2 Å². The SMILES string of the molecule is C=C1C#CCCCC(C(=O)OC)(C(=O)OC)CC2=C1CCCC2. The van der Waals surface area contributed by atoms with Gasteiger partial charge >= 0.3 is 11.9 Å². The summed E-state index contributed by atoms with van der Waals surface area (Å²) in [5.41, 5.74) is 1.78. The van der Waals surface area contributed by atoms with Crippen LogP contribution in [0.1, 0.15) is 51.4 Å². The quantitative estimate of drug-likeness (QED) is 0.445. The highest BCUT2D eigenvalue weighted by atomic mass is 16.5. The third kappa shape index (κ3) is 3.50. The third-order valence-electron chi connectivity index (χ3n) is 4.76. The van der Waals surface area contributed by atoms with Crippen molar-refractivity contribution in [2.45, 2.75) is 51.4 Å². The average molecular weight is 316 g/mol. The molecule has 0 aliphatic heterocycles. The van der Waals surface area contributed by atoms with Crippen LogP contribution in [-0.2, 0) is 19.1 Å². The molecule has 0 heterocycles. The first-order valence-corrected chi connectivity index (χ1v) is 8.11. The summed E-state index contributed by atoms with van der Waals surface area (Å²) in [6, 6.07) is 0. The lowest BCUT2D eigenvalue weighted by atomic mass is 9.72. The van der Waals surface area contributed by atoms with Gasteiger partial charge in [0.25, 0.3) is 0 Å². The molecule has 4 heteroatoms. The normalized spacial score (nSPS) is 20.7. The van der Waals surface area contributed by atoms with Gasteiger partial charge in [-0.2, -0.15) is 0 Å². The fourth-order valence-electron chi connectivity index (χ4n) is 3.53. The van der Waals surface area contributed by atoms with Crippen LogP contribution in [0.4, 0.5) is 0 Å². The van der Waals surface area contributed by atoms with Crippen molar-refractivity contribution in [3.05, 3.63) is 23.3 Å². The van der Waals surface area contributed by atoms with Gasteiger partial charge < -0.3 is 9.47 Å². The van der Waals surface area contributed by atoms with Gasteiger partial charge in [0.1, 0.15) is 0 Å². The van der Waals surface area contributed by atoms with E-state index in [1.807, 2.05) is 0 Å². The maximum atomic E-state index is 12.5. The molecule has 0 atom stereocenters. The molecule has 2 aliphatic carbocycles. The first-order chi connectivity index (χ1) is 11.0. The molecule has 0 amide bonds. The van der Waals surface area contributed by atoms with Crippen LogP contribution in [0, 0.1) is 17.3 Å². The van der Waals surface area contributed by atoms with E-state index in [4.69, 9.17) is 9.47 Å². The lowest BCUT2D eigenvalue weighted by Crippen LogP contribution is -2.42. The predicted octanol–water partition coefficient (Wildman–Crippen LogP) is 3.32. The molecule has 0 aromatic carbocycles. The Bertz CT molecular complexity index is 585. The topological polar surface area (TPSA) is 52.6 Å². The van der Waals surface area contributed by atoms with Crippen molar-refractivity contribution >= 4 is 11.9 Å². The molecule has 0 saturated heterocycles. The molecule has 0 spiro atoms. The third-order valence-corrected chi connectivity index (χ3v) is 4.76. The molecule has 2 rings (SSSR count). The fraction of sp³-hybridized carbons (Fsp3) is 0.579. The Hall–Kier alpha value is -2.02. The molecule has 0 N–H and O–H groups in total. The number of esters is 2. The fourth-order valence-corrected chi connectivity index (χ4v) is 3.53. The van der Waals surface area contributed by atoms with Gasteiger partial charge in [-0.25, -0.2) is 0 Å². The number of hydrogen-bond acceptors (Lipinski definition) is 4. The molecule has 4 nitrogen and oxygen atoms in total. The van der Waals surface area contributed by atoms with Gasteiger partial charge in [-0.05, 0) is 50.5 Å². The van der Waals surface area contributed by atoms with Crippen LogP contribution < -0.4 is 0 Å². The summed E-state index contributed by atoms with van der Waals surface area (Å²) < 4.78 is 9.94. The summed E-state index contributed by atoms with van der Waals surface area (Å²) >= 11 is 0. The van der Waals surface area contributed by atoms with Crippen LogP contribution in [-0.4, -0.2) is 26.2 Å². The van der Waals surface area contributed by atoms with Gasteiger partial charge in [0, 0.05) is 12.0 Å². The monoisotopic (exact) mass is 316 g/mol. The Morgan fingerprint density at radius 1 is 1.09 bits per heavy atom. The molecular formula is C19H24O4. The van der Waals surface area contributed by atoms with Crippen molar-refractivity contribution in [1.82, 2.24) is 0 Å². The molecule has 124 valence electrons. The minimum Gasteiger partial charge on any atom is -0.468 e. The second kappa shape index (κ2) is 7.50. The number of methoxy groups -OCH3 is 2. The zero-order valence-corrected chi connectivity index (χ0v) is 14.0. The Labute approximate surface area is 137 Å². The lowest BCUT2D eigenvalue weighted by molar-refractivity contribution is -0.169. The van der Waals surface area contributed by atoms with Gasteiger partial charge in [0.2, 0.25) is 0 Å². The van der Waals surface area contributed by atoms with E-state index in [0.29, 0.717) is 25.7 Å². The van der Waals surface area contributed by atoms with Gasteiger partial charge in [-0.3, -0.25) is 9.59 Å². The van der Waals surface area contributed by atoms with Crippen molar-refractivity contribution in [3.63, 3.8) is 0 Å². The molecule has 0 saturated carbocycles. The highest BCUT2D eigenvalue weighted by Gasteiger charge is 2.48. The van der Waals surface area contributed by atoms with E-state index in [0.717, 1.165) is 42.4 Å². The second-order valence-corrected chi connectivity index (χ2v) is 6.17.